The maximum atomic E-state index is 12.9. The molecule has 0 aliphatic rings. The molecule has 1 N–H and O–H groups in total. The minimum atomic E-state index is -0.503. The molecule has 2 heterocycles. The first-order valence-electron chi connectivity index (χ1n) is 7.97. The lowest BCUT2D eigenvalue weighted by Gasteiger charge is -2.21. The third-order valence-electron chi connectivity index (χ3n) is 4.06. The Labute approximate surface area is 141 Å². The van der Waals surface area contributed by atoms with Crippen molar-refractivity contribution in [2.45, 2.75) is 32.9 Å². The Balaban J connectivity index is 1.86. The summed E-state index contributed by atoms with van der Waals surface area (Å²) < 4.78 is 7.24. The summed E-state index contributed by atoms with van der Waals surface area (Å²) in [6, 6.07) is 12.8. The fraction of sp³-hybridized carbons (Fsp3) is 0.263. The van der Waals surface area contributed by atoms with Crippen LogP contribution in [0.5, 0.6) is 0 Å². The van der Waals surface area contributed by atoms with Crippen LogP contribution in [0.1, 0.15) is 41.7 Å². The molecule has 3 aromatic rings. The van der Waals surface area contributed by atoms with E-state index in [1.807, 2.05) is 63.2 Å². The molecule has 1 amide bonds. The predicted molar refractivity (Wildman–Crippen MR) is 91.5 cm³/mol. The molecule has 124 valence electrons. The lowest BCUT2D eigenvalue weighted by Crippen LogP contribution is -2.35. The molecule has 5 nitrogen and oxygen atoms in total. The summed E-state index contributed by atoms with van der Waals surface area (Å²) in [6.07, 6.45) is 3.48. The van der Waals surface area contributed by atoms with E-state index in [9.17, 15) is 4.79 Å². The van der Waals surface area contributed by atoms with Crippen molar-refractivity contribution >= 4 is 5.91 Å². The van der Waals surface area contributed by atoms with Crippen LogP contribution in [0.2, 0.25) is 0 Å². The van der Waals surface area contributed by atoms with Gasteiger partial charge in [-0.2, -0.15) is 5.10 Å². The molecule has 0 saturated heterocycles. The summed E-state index contributed by atoms with van der Waals surface area (Å²) in [7, 11) is 0. The van der Waals surface area contributed by atoms with E-state index in [0.717, 1.165) is 22.6 Å². The van der Waals surface area contributed by atoms with Crippen molar-refractivity contribution in [2.24, 2.45) is 0 Å². The second-order valence-electron chi connectivity index (χ2n) is 5.90. The maximum Gasteiger partial charge on any atom is 0.249 e. The van der Waals surface area contributed by atoms with Crippen molar-refractivity contribution < 1.29 is 9.21 Å². The van der Waals surface area contributed by atoms with Gasteiger partial charge in [0.2, 0.25) is 5.91 Å². The van der Waals surface area contributed by atoms with Crippen molar-refractivity contribution in [3.63, 3.8) is 0 Å². The van der Waals surface area contributed by atoms with Gasteiger partial charge in [0.05, 0.1) is 6.04 Å². The molecule has 3 rings (SSSR count). The van der Waals surface area contributed by atoms with E-state index >= 15 is 0 Å². The van der Waals surface area contributed by atoms with Gasteiger partial charge >= 0.3 is 0 Å². The van der Waals surface area contributed by atoms with Gasteiger partial charge in [-0.05, 0) is 38.5 Å². The van der Waals surface area contributed by atoms with Crippen LogP contribution in [0, 0.1) is 13.8 Å². The van der Waals surface area contributed by atoms with Crippen molar-refractivity contribution in [1.82, 2.24) is 15.1 Å². The van der Waals surface area contributed by atoms with Crippen molar-refractivity contribution in [2.75, 3.05) is 0 Å². The van der Waals surface area contributed by atoms with Gasteiger partial charge in [0, 0.05) is 18.0 Å². The first-order chi connectivity index (χ1) is 11.6. The average Bonchev–Trinajstić information content (AvgIpc) is 3.18. The molecule has 24 heavy (non-hydrogen) atoms. The lowest BCUT2D eigenvalue weighted by atomic mass is 10.0. The van der Waals surface area contributed by atoms with Gasteiger partial charge < -0.3 is 9.73 Å². The zero-order chi connectivity index (χ0) is 17.1. The number of carbonyl (C=O) groups excluding carboxylic acids is 1. The van der Waals surface area contributed by atoms with Crippen LogP contribution in [-0.4, -0.2) is 15.7 Å². The molecule has 0 aliphatic heterocycles. The Bertz CT molecular complexity index is 807. The molecule has 0 unspecified atom stereocenters. The van der Waals surface area contributed by atoms with Crippen LogP contribution in [0.15, 0.2) is 59.3 Å². The van der Waals surface area contributed by atoms with E-state index < -0.39 is 6.04 Å². The van der Waals surface area contributed by atoms with E-state index in [4.69, 9.17) is 4.42 Å². The van der Waals surface area contributed by atoms with Crippen LogP contribution in [0.25, 0.3) is 0 Å². The van der Waals surface area contributed by atoms with Gasteiger partial charge in [-0.25, -0.2) is 0 Å². The van der Waals surface area contributed by atoms with Gasteiger partial charge in [-0.1, -0.05) is 30.3 Å². The highest BCUT2D eigenvalue weighted by molar-refractivity contribution is 5.83. The Hall–Kier alpha value is -2.82. The molecular formula is C19H21N3O2. The molecule has 0 aliphatic carbocycles. The normalized spacial score (nSPS) is 13.5. The number of benzene rings is 1. The molecule has 1 aromatic carbocycles. The summed E-state index contributed by atoms with van der Waals surface area (Å²) in [5.41, 5.74) is 1.89. The van der Waals surface area contributed by atoms with Gasteiger partial charge in [0.1, 0.15) is 11.5 Å². The number of rotatable bonds is 5. The molecular weight excluding hydrogens is 302 g/mol. The number of hydrogen-bond acceptors (Lipinski definition) is 3. The SMILES string of the molecule is Cc1cc([C@H](C)NC(=O)[C@@H](c2ccccc2)n2cccn2)c(C)o1. The highest BCUT2D eigenvalue weighted by Crippen LogP contribution is 2.23. The van der Waals surface area contributed by atoms with Crippen LogP contribution >= 0.6 is 0 Å². The van der Waals surface area contributed by atoms with Gasteiger partial charge in [-0.3, -0.25) is 9.48 Å². The molecule has 0 spiro atoms. The molecule has 0 bridgehead atoms. The number of nitrogens with zero attached hydrogens (tertiary/aromatic N) is 2. The second kappa shape index (κ2) is 6.74. The first kappa shape index (κ1) is 16.1. The van der Waals surface area contributed by atoms with Crippen LogP contribution in [0.3, 0.4) is 0 Å². The fourth-order valence-electron chi connectivity index (χ4n) is 2.94. The summed E-state index contributed by atoms with van der Waals surface area (Å²) in [6.45, 7) is 5.77. The number of aromatic nitrogens is 2. The van der Waals surface area contributed by atoms with Crippen molar-refractivity contribution in [3.8, 4) is 0 Å². The second-order valence-corrected chi connectivity index (χ2v) is 5.90. The summed E-state index contributed by atoms with van der Waals surface area (Å²) >= 11 is 0. The van der Waals surface area contributed by atoms with Gasteiger partial charge in [0.25, 0.3) is 0 Å². The van der Waals surface area contributed by atoms with Crippen LogP contribution in [0.4, 0.5) is 0 Å². The van der Waals surface area contributed by atoms with Crippen molar-refractivity contribution in [1.29, 1.82) is 0 Å². The molecule has 2 aromatic heterocycles. The van der Waals surface area contributed by atoms with E-state index in [-0.39, 0.29) is 11.9 Å². The number of carbonyl (C=O) groups is 1. The number of hydrogen-bond donors (Lipinski definition) is 1. The van der Waals surface area contributed by atoms with E-state index in [1.165, 1.54) is 0 Å². The van der Waals surface area contributed by atoms with Gasteiger partial charge in [0.15, 0.2) is 6.04 Å². The number of aryl methyl sites for hydroxylation is 2. The standard InChI is InChI=1S/C19H21N3O2/c1-13-12-17(15(3)24-13)14(2)21-19(23)18(22-11-7-10-20-22)16-8-5-4-6-9-16/h4-12,14,18H,1-3H3,(H,21,23)/t14-,18+/m0/s1. The largest absolute Gasteiger partial charge is 0.466 e. The minimum absolute atomic E-state index is 0.101. The zero-order valence-electron chi connectivity index (χ0n) is 14.1. The third-order valence-corrected chi connectivity index (χ3v) is 4.06. The Morgan fingerprint density at radius 3 is 2.54 bits per heavy atom. The zero-order valence-corrected chi connectivity index (χ0v) is 14.1. The summed E-state index contributed by atoms with van der Waals surface area (Å²) in [4.78, 5) is 12.9. The van der Waals surface area contributed by atoms with Crippen LogP contribution < -0.4 is 5.32 Å². The van der Waals surface area contributed by atoms with Gasteiger partial charge in [-0.15, -0.1) is 0 Å². The summed E-state index contributed by atoms with van der Waals surface area (Å²) in [5.74, 6) is 1.57. The van der Waals surface area contributed by atoms with Crippen molar-refractivity contribution in [3.05, 3.63) is 77.5 Å². The average molecular weight is 323 g/mol. The van der Waals surface area contributed by atoms with E-state index in [2.05, 4.69) is 10.4 Å². The van der Waals surface area contributed by atoms with E-state index in [1.54, 1.807) is 17.1 Å². The highest BCUT2D eigenvalue weighted by Gasteiger charge is 2.25. The molecule has 2 atom stereocenters. The smallest absolute Gasteiger partial charge is 0.249 e. The first-order valence-corrected chi connectivity index (χ1v) is 7.97. The molecule has 0 fully saturated rings. The monoisotopic (exact) mass is 323 g/mol. The third kappa shape index (κ3) is 3.25. The van der Waals surface area contributed by atoms with Crippen LogP contribution in [-0.2, 0) is 4.79 Å². The molecule has 0 saturated carbocycles. The minimum Gasteiger partial charge on any atom is -0.466 e. The maximum absolute atomic E-state index is 12.9. The van der Waals surface area contributed by atoms with E-state index in [0.29, 0.717) is 0 Å². The topological polar surface area (TPSA) is 60.1 Å². The summed E-state index contributed by atoms with van der Waals surface area (Å²) in [5, 5.41) is 7.33. The predicted octanol–water partition coefficient (Wildman–Crippen LogP) is 3.56. The Kier molecular flexibility index (Phi) is 4.51. The quantitative estimate of drug-likeness (QED) is 0.781. The number of nitrogens with one attached hydrogen (secondary N) is 1. The molecule has 5 heteroatoms. The number of furan rings is 1. The number of amides is 1. The Morgan fingerprint density at radius 1 is 1.21 bits per heavy atom. The highest BCUT2D eigenvalue weighted by atomic mass is 16.3. The lowest BCUT2D eigenvalue weighted by molar-refractivity contribution is -0.124. The molecule has 0 radical (unpaired) electrons. The Morgan fingerprint density at radius 2 is 1.96 bits per heavy atom. The fourth-order valence-corrected chi connectivity index (χ4v) is 2.94.